The van der Waals surface area contributed by atoms with Gasteiger partial charge in [0.1, 0.15) is 5.75 Å². The third-order valence-electron chi connectivity index (χ3n) is 3.50. The van der Waals surface area contributed by atoms with Crippen LogP contribution in [0.5, 0.6) is 5.75 Å². The summed E-state index contributed by atoms with van der Waals surface area (Å²) in [6, 6.07) is 11.9. The zero-order valence-corrected chi connectivity index (χ0v) is 14.5. The van der Waals surface area contributed by atoms with E-state index in [4.69, 9.17) is 4.74 Å². The van der Waals surface area contributed by atoms with E-state index in [0.717, 1.165) is 16.7 Å². The smallest absolute Gasteiger partial charge is 0.277 e. The van der Waals surface area contributed by atoms with E-state index in [9.17, 15) is 14.9 Å². The maximum atomic E-state index is 11.7. The monoisotopic (exact) mass is 353 g/mol. The molecular formula is C19H19N3O4. The summed E-state index contributed by atoms with van der Waals surface area (Å²) in [5.74, 6) is 0.331. The van der Waals surface area contributed by atoms with Crippen molar-refractivity contribution in [3.05, 3.63) is 75.3 Å². The highest BCUT2D eigenvalue weighted by Gasteiger charge is 2.06. The largest absolute Gasteiger partial charge is 0.483 e. The second-order valence-corrected chi connectivity index (χ2v) is 5.53. The Hall–Kier alpha value is -3.48. The van der Waals surface area contributed by atoms with Crippen molar-refractivity contribution in [2.45, 2.75) is 13.8 Å². The van der Waals surface area contributed by atoms with E-state index in [1.807, 2.05) is 32.0 Å². The van der Waals surface area contributed by atoms with Crippen molar-refractivity contribution in [3.63, 3.8) is 0 Å². The molecule has 0 fully saturated rings. The zero-order chi connectivity index (χ0) is 18.9. The van der Waals surface area contributed by atoms with Gasteiger partial charge >= 0.3 is 0 Å². The Morgan fingerprint density at radius 2 is 1.85 bits per heavy atom. The second kappa shape index (κ2) is 9.12. The third-order valence-corrected chi connectivity index (χ3v) is 3.50. The Labute approximate surface area is 151 Å². The number of carbonyl (C=O) groups is 1. The van der Waals surface area contributed by atoms with Gasteiger partial charge in [-0.2, -0.15) is 5.10 Å². The van der Waals surface area contributed by atoms with Gasteiger partial charge in [0, 0.05) is 18.3 Å². The minimum absolute atomic E-state index is 0.0342. The molecule has 0 unspecified atom stereocenters. The van der Waals surface area contributed by atoms with Crippen molar-refractivity contribution >= 4 is 23.9 Å². The van der Waals surface area contributed by atoms with Gasteiger partial charge in [-0.1, -0.05) is 24.3 Å². The van der Waals surface area contributed by atoms with Crippen molar-refractivity contribution < 1.29 is 14.5 Å². The van der Waals surface area contributed by atoms with E-state index in [1.54, 1.807) is 24.3 Å². The fourth-order valence-corrected chi connectivity index (χ4v) is 2.21. The molecule has 0 aliphatic carbocycles. The number of nitrogens with one attached hydrogen (secondary N) is 1. The predicted octanol–water partition coefficient (Wildman–Crippen LogP) is 3.41. The number of benzene rings is 2. The van der Waals surface area contributed by atoms with E-state index >= 15 is 0 Å². The Balaban J connectivity index is 1.79. The number of rotatable bonds is 7. The summed E-state index contributed by atoms with van der Waals surface area (Å²) in [6.45, 7) is 3.71. The van der Waals surface area contributed by atoms with Crippen LogP contribution in [-0.4, -0.2) is 23.7 Å². The van der Waals surface area contributed by atoms with E-state index in [-0.39, 0.29) is 18.2 Å². The van der Waals surface area contributed by atoms with Crippen molar-refractivity contribution in [1.82, 2.24) is 5.43 Å². The Morgan fingerprint density at radius 3 is 2.46 bits per heavy atom. The normalized spacial score (nSPS) is 11.0. The molecule has 1 amide bonds. The first-order valence-electron chi connectivity index (χ1n) is 7.89. The van der Waals surface area contributed by atoms with Crippen molar-refractivity contribution in [2.24, 2.45) is 5.10 Å². The molecule has 1 N–H and O–H groups in total. The number of hydrogen-bond acceptors (Lipinski definition) is 5. The van der Waals surface area contributed by atoms with Crippen LogP contribution in [0.3, 0.4) is 0 Å². The number of non-ortho nitro benzene ring substituents is 1. The number of nitro benzene ring substituents is 1. The second-order valence-electron chi connectivity index (χ2n) is 5.53. The van der Waals surface area contributed by atoms with Gasteiger partial charge in [0.2, 0.25) is 0 Å². The Morgan fingerprint density at radius 1 is 1.19 bits per heavy atom. The lowest BCUT2D eigenvalue weighted by Crippen LogP contribution is -2.24. The maximum Gasteiger partial charge on any atom is 0.277 e. The fraction of sp³-hybridized carbons (Fsp3) is 0.158. The van der Waals surface area contributed by atoms with E-state index in [0.29, 0.717) is 5.75 Å². The number of aryl methyl sites for hydroxylation is 2. The quantitative estimate of drug-likeness (QED) is 0.469. The Bertz CT molecular complexity index is 822. The van der Waals surface area contributed by atoms with Crippen LogP contribution in [-0.2, 0) is 4.79 Å². The molecule has 0 spiro atoms. The summed E-state index contributed by atoms with van der Waals surface area (Å²) >= 11 is 0. The van der Waals surface area contributed by atoms with Crippen LogP contribution in [0.4, 0.5) is 5.69 Å². The van der Waals surface area contributed by atoms with E-state index < -0.39 is 4.92 Å². The molecule has 0 bridgehead atoms. The van der Waals surface area contributed by atoms with Gasteiger partial charge in [-0.3, -0.25) is 14.9 Å². The SMILES string of the molecule is Cc1cccc(C)c1OCC(=O)N/N=C\C=C\c1ccc([N+](=O)[O-])cc1. The molecule has 0 atom stereocenters. The fourth-order valence-electron chi connectivity index (χ4n) is 2.21. The van der Waals surface area contributed by atoms with Gasteiger partial charge in [-0.25, -0.2) is 5.43 Å². The highest BCUT2D eigenvalue weighted by molar-refractivity contribution is 5.82. The van der Waals surface area contributed by atoms with Crippen molar-refractivity contribution in [1.29, 1.82) is 0 Å². The molecule has 0 aliphatic rings. The van der Waals surface area contributed by atoms with Crippen LogP contribution in [0.1, 0.15) is 16.7 Å². The van der Waals surface area contributed by atoms with Crippen LogP contribution in [0.15, 0.2) is 53.6 Å². The predicted molar refractivity (Wildman–Crippen MR) is 100 cm³/mol. The van der Waals surface area contributed by atoms with Gasteiger partial charge in [-0.05, 0) is 48.7 Å². The molecule has 0 aliphatic heterocycles. The molecule has 0 saturated heterocycles. The van der Waals surface area contributed by atoms with Gasteiger partial charge in [-0.15, -0.1) is 0 Å². The molecule has 0 heterocycles. The lowest BCUT2D eigenvalue weighted by Gasteiger charge is -2.10. The Kier molecular flexibility index (Phi) is 6.61. The number of amides is 1. The van der Waals surface area contributed by atoms with Crippen LogP contribution in [0.2, 0.25) is 0 Å². The topological polar surface area (TPSA) is 93.8 Å². The molecule has 134 valence electrons. The number of hydrazone groups is 1. The summed E-state index contributed by atoms with van der Waals surface area (Å²) < 4.78 is 5.53. The van der Waals surface area contributed by atoms with E-state index in [2.05, 4.69) is 10.5 Å². The highest BCUT2D eigenvalue weighted by Crippen LogP contribution is 2.21. The first kappa shape index (κ1) is 18.9. The molecule has 2 aromatic rings. The average Bonchev–Trinajstić information content (AvgIpc) is 2.61. The first-order valence-corrected chi connectivity index (χ1v) is 7.89. The number of nitrogens with zero attached hydrogens (tertiary/aromatic N) is 2. The first-order chi connectivity index (χ1) is 12.5. The number of hydrogen-bond donors (Lipinski definition) is 1. The standard InChI is InChI=1S/C19H19N3O4/c1-14-5-3-6-15(2)19(14)26-13-18(23)21-20-12-4-7-16-8-10-17(11-9-16)22(24)25/h3-12H,13H2,1-2H3,(H,21,23)/b7-4+,20-12-. The van der Waals surface area contributed by atoms with Crippen molar-refractivity contribution in [2.75, 3.05) is 6.61 Å². The van der Waals surface area contributed by atoms with Gasteiger partial charge in [0.25, 0.3) is 11.6 Å². The number of carbonyl (C=O) groups excluding carboxylic acids is 1. The number of nitro groups is 1. The summed E-state index contributed by atoms with van der Waals surface area (Å²) in [5, 5.41) is 14.4. The lowest BCUT2D eigenvalue weighted by molar-refractivity contribution is -0.384. The van der Waals surface area contributed by atoms with Crippen LogP contribution in [0, 0.1) is 24.0 Å². The molecule has 0 aromatic heterocycles. The summed E-state index contributed by atoms with van der Waals surface area (Å²) in [6.07, 6.45) is 4.75. The number of para-hydroxylation sites is 1. The van der Waals surface area contributed by atoms with Gasteiger partial charge in [0.15, 0.2) is 6.61 Å². The highest BCUT2D eigenvalue weighted by atomic mass is 16.6. The van der Waals surface area contributed by atoms with E-state index in [1.165, 1.54) is 18.3 Å². The minimum Gasteiger partial charge on any atom is -0.483 e. The van der Waals surface area contributed by atoms with Crippen molar-refractivity contribution in [3.8, 4) is 5.75 Å². The number of allylic oxidation sites excluding steroid dienone is 1. The molecule has 7 nitrogen and oxygen atoms in total. The lowest BCUT2D eigenvalue weighted by atomic mass is 10.1. The molecule has 26 heavy (non-hydrogen) atoms. The average molecular weight is 353 g/mol. The van der Waals surface area contributed by atoms with Gasteiger partial charge < -0.3 is 4.74 Å². The van der Waals surface area contributed by atoms with Gasteiger partial charge in [0.05, 0.1) is 4.92 Å². The maximum absolute atomic E-state index is 11.7. The number of ether oxygens (including phenoxy) is 1. The summed E-state index contributed by atoms with van der Waals surface area (Å²) in [7, 11) is 0. The van der Waals surface area contributed by atoms with Crippen LogP contribution >= 0.6 is 0 Å². The minimum atomic E-state index is -0.453. The molecule has 7 heteroatoms. The third kappa shape index (κ3) is 5.55. The summed E-state index contributed by atoms with van der Waals surface area (Å²) in [4.78, 5) is 21.9. The molecular weight excluding hydrogens is 334 g/mol. The van der Waals surface area contributed by atoms with Crippen LogP contribution in [0.25, 0.3) is 6.08 Å². The molecule has 0 saturated carbocycles. The molecule has 0 radical (unpaired) electrons. The summed E-state index contributed by atoms with van der Waals surface area (Å²) in [5.41, 5.74) is 5.12. The molecule has 2 rings (SSSR count). The zero-order valence-electron chi connectivity index (χ0n) is 14.5. The van der Waals surface area contributed by atoms with Crippen LogP contribution < -0.4 is 10.2 Å². The molecule has 2 aromatic carbocycles.